The van der Waals surface area contributed by atoms with Crippen LogP contribution in [0.2, 0.25) is 5.02 Å². The molecule has 2 nitrogen and oxygen atoms in total. The molecule has 0 N–H and O–H groups in total. The van der Waals surface area contributed by atoms with Crippen molar-refractivity contribution < 1.29 is 22.5 Å². The van der Waals surface area contributed by atoms with Crippen molar-refractivity contribution in [3.05, 3.63) is 34.3 Å². The zero-order chi connectivity index (χ0) is 16.1. The predicted molar refractivity (Wildman–Crippen MR) is 76.2 cm³/mol. The molecule has 0 unspecified atom stereocenters. The minimum absolute atomic E-state index is 0.176. The molecule has 0 bridgehead atoms. The predicted octanol–water partition coefficient (Wildman–Crippen LogP) is 4.53. The van der Waals surface area contributed by atoms with Crippen LogP contribution < -0.4 is 0 Å². The van der Waals surface area contributed by atoms with Crippen LogP contribution in [-0.4, -0.2) is 18.3 Å². The van der Waals surface area contributed by atoms with Crippen LogP contribution in [0.15, 0.2) is 18.2 Å². The minimum atomic E-state index is -4.47. The van der Waals surface area contributed by atoms with Crippen LogP contribution in [0.3, 0.4) is 0 Å². The van der Waals surface area contributed by atoms with E-state index in [4.69, 9.17) is 20.9 Å². The van der Waals surface area contributed by atoms with Crippen LogP contribution in [0.4, 0.5) is 13.2 Å². The first-order chi connectivity index (χ1) is 9.44. The van der Waals surface area contributed by atoms with Crippen LogP contribution in [0, 0.1) is 0 Å². The molecule has 116 valence electrons. The molecule has 7 heteroatoms. The van der Waals surface area contributed by atoms with Crippen molar-refractivity contribution in [1.29, 1.82) is 0 Å². The summed E-state index contributed by atoms with van der Waals surface area (Å²) in [5, 5.41) is -0.292. The number of hydrogen-bond acceptors (Lipinski definition) is 2. The molecular weight excluding hydrogens is 303 g/mol. The van der Waals surface area contributed by atoms with Gasteiger partial charge in [0.15, 0.2) is 0 Å². The van der Waals surface area contributed by atoms with Gasteiger partial charge in [-0.15, -0.1) is 0 Å². The highest BCUT2D eigenvalue weighted by molar-refractivity contribution is 6.45. The van der Waals surface area contributed by atoms with Gasteiger partial charge in [-0.2, -0.15) is 13.2 Å². The van der Waals surface area contributed by atoms with Crippen LogP contribution in [0.25, 0.3) is 0 Å². The summed E-state index contributed by atoms with van der Waals surface area (Å²) in [7, 11) is -0.615. The second kappa shape index (κ2) is 5.18. The van der Waals surface area contributed by atoms with E-state index in [9.17, 15) is 13.2 Å². The van der Waals surface area contributed by atoms with Gasteiger partial charge in [0.05, 0.1) is 21.8 Å². The summed E-state index contributed by atoms with van der Waals surface area (Å²) in [6.45, 7) is 7.56. The van der Waals surface area contributed by atoms with Gasteiger partial charge in [0.25, 0.3) is 0 Å². The highest BCUT2D eigenvalue weighted by Gasteiger charge is 2.51. The summed E-state index contributed by atoms with van der Waals surface area (Å²) in [6, 6.07) is 3.87. The van der Waals surface area contributed by atoms with E-state index in [0.717, 1.165) is 6.07 Å². The smallest absolute Gasteiger partial charge is 0.403 e. The van der Waals surface area contributed by atoms with Crippen molar-refractivity contribution in [1.82, 2.24) is 0 Å². The summed E-state index contributed by atoms with van der Waals surface area (Å²) in [5.74, 6) is 0. The molecule has 0 aromatic heterocycles. The van der Waals surface area contributed by atoms with E-state index in [1.54, 1.807) is 6.07 Å². The average molecular weight is 321 g/mol. The monoisotopic (exact) mass is 320 g/mol. The topological polar surface area (TPSA) is 18.5 Å². The fraction of sp³-hybridized carbons (Fsp3) is 0.571. The molecule has 1 heterocycles. The number of alkyl halides is 3. The summed E-state index contributed by atoms with van der Waals surface area (Å²) in [5.41, 5.74) is -1.51. The molecular formula is C14H17BClF3O2. The molecule has 1 saturated heterocycles. The second-order valence-corrected chi connectivity index (χ2v) is 6.54. The van der Waals surface area contributed by atoms with Crippen LogP contribution in [-0.2, 0) is 21.8 Å². The first-order valence-electron chi connectivity index (χ1n) is 6.64. The molecule has 1 aromatic rings. The molecule has 2 rings (SSSR count). The highest BCUT2D eigenvalue weighted by atomic mass is 35.5. The molecule has 1 aromatic carbocycles. The Hall–Kier alpha value is -0.715. The van der Waals surface area contributed by atoms with Crippen molar-refractivity contribution in [2.24, 2.45) is 0 Å². The van der Waals surface area contributed by atoms with Gasteiger partial charge in [-0.05, 0) is 39.3 Å². The van der Waals surface area contributed by atoms with E-state index < -0.39 is 30.1 Å². The quantitative estimate of drug-likeness (QED) is 0.745. The Bertz CT molecular complexity index is 528. The van der Waals surface area contributed by atoms with E-state index in [0.29, 0.717) is 5.56 Å². The Balaban J connectivity index is 2.23. The Labute approximate surface area is 127 Å². The summed E-state index contributed by atoms with van der Waals surface area (Å²) in [4.78, 5) is 0. The van der Waals surface area contributed by atoms with Crippen molar-refractivity contribution in [3.8, 4) is 0 Å². The molecule has 0 spiro atoms. The molecule has 0 atom stereocenters. The first-order valence-corrected chi connectivity index (χ1v) is 7.02. The average Bonchev–Trinajstić information content (AvgIpc) is 2.48. The SMILES string of the molecule is CC1(C)OB(Cc2cccc(C(F)(F)F)c2Cl)OC1(C)C. The lowest BCUT2D eigenvalue weighted by molar-refractivity contribution is -0.137. The molecule has 1 fully saturated rings. The van der Waals surface area contributed by atoms with Gasteiger partial charge in [0.2, 0.25) is 0 Å². The zero-order valence-electron chi connectivity index (χ0n) is 12.3. The second-order valence-electron chi connectivity index (χ2n) is 6.17. The van der Waals surface area contributed by atoms with Crippen molar-refractivity contribution in [3.63, 3.8) is 0 Å². The molecule has 1 aliphatic heterocycles. The molecule has 0 radical (unpaired) electrons. The summed E-state index contributed by atoms with van der Waals surface area (Å²) < 4.78 is 50.1. The van der Waals surface area contributed by atoms with Crippen LogP contribution in [0.5, 0.6) is 0 Å². The first kappa shape index (κ1) is 16.7. The number of hydrogen-bond donors (Lipinski definition) is 0. The van der Waals surface area contributed by atoms with Crippen LogP contribution in [0.1, 0.15) is 38.8 Å². The maximum absolute atomic E-state index is 12.8. The highest BCUT2D eigenvalue weighted by Crippen LogP contribution is 2.40. The van der Waals surface area contributed by atoms with Crippen LogP contribution >= 0.6 is 11.6 Å². The Kier molecular flexibility index (Phi) is 4.11. The van der Waals surface area contributed by atoms with Gasteiger partial charge in [0, 0.05) is 6.32 Å². The third-order valence-corrected chi connectivity index (χ3v) is 4.52. The molecule has 0 saturated carbocycles. The van der Waals surface area contributed by atoms with Gasteiger partial charge in [0.1, 0.15) is 0 Å². The van der Waals surface area contributed by atoms with E-state index in [2.05, 4.69) is 0 Å². The number of benzene rings is 1. The lowest BCUT2D eigenvalue weighted by atomic mass is 9.80. The Morgan fingerprint density at radius 2 is 1.62 bits per heavy atom. The van der Waals surface area contributed by atoms with E-state index in [-0.39, 0.29) is 11.3 Å². The lowest BCUT2D eigenvalue weighted by Gasteiger charge is -2.32. The van der Waals surface area contributed by atoms with Gasteiger partial charge in [-0.25, -0.2) is 0 Å². The van der Waals surface area contributed by atoms with Crippen molar-refractivity contribution in [2.75, 3.05) is 0 Å². The fourth-order valence-corrected chi connectivity index (χ4v) is 2.49. The third kappa shape index (κ3) is 3.22. The van der Waals surface area contributed by atoms with Crippen molar-refractivity contribution in [2.45, 2.75) is 51.4 Å². The normalized spacial score (nSPS) is 20.9. The van der Waals surface area contributed by atoms with E-state index in [1.165, 1.54) is 6.07 Å². The maximum Gasteiger partial charge on any atom is 0.462 e. The molecule has 1 aliphatic rings. The van der Waals surface area contributed by atoms with Gasteiger partial charge in [-0.3, -0.25) is 0 Å². The van der Waals surface area contributed by atoms with Gasteiger partial charge >= 0.3 is 13.3 Å². The molecule has 0 amide bonds. The Morgan fingerprint density at radius 1 is 1.10 bits per heavy atom. The zero-order valence-corrected chi connectivity index (χ0v) is 13.1. The number of halogens is 4. The minimum Gasteiger partial charge on any atom is -0.403 e. The maximum atomic E-state index is 12.8. The molecule has 21 heavy (non-hydrogen) atoms. The molecule has 0 aliphatic carbocycles. The Morgan fingerprint density at radius 3 is 2.10 bits per heavy atom. The largest absolute Gasteiger partial charge is 0.462 e. The summed E-state index contributed by atoms with van der Waals surface area (Å²) in [6.07, 6.45) is -4.29. The summed E-state index contributed by atoms with van der Waals surface area (Å²) >= 11 is 5.88. The van der Waals surface area contributed by atoms with Gasteiger partial charge in [-0.1, -0.05) is 23.7 Å². The van der Waals surface area contributed by atoms with E-state index >= 15 is 0 Å². The van der Waals surface area contributed by atoms with E-state index in [1.807, 2.05) is 27.7 Å². The van der Waals surface area contributed by atoms with Gasteiger partial charge < -0.3 is 9.31 Å². The third-order valence-electron chi connectivity index (χ3n) is 4.07. The lowest BCUT2D eigenvalue weighted by Crippen LogP contribution is -2.41. The fourth-order valence-electron chi connectivity index (χ4n) is 2.18. The standard InChI is InChI=1S/C14H17BClF3O2/c1-12(2)13(3,4)21-15(20-12)8-9-6-5-7-10(11(9)16)14(17,18)19/h5-7H,8H2,1-4H3. The number of rotatable bonds is 2. The van der Waals surface area contributed by atoms with Crippen molar-refractivity contribution >= 4 is 18.7 Å².